The van der Waals surface area contributed by atoms with E-state index in [1.807, 2.05) is 43.3 Å². The number of hydrogen-bond acceptors (Lipinski definition) is 3. The minimum absolute atomic E-state index is 0.0788. The highest BCUT2D eigenvalue weighted by Gasteiger charge is 2.42. The van der Waals surface area contributed by atoms with Crippen LogP contribution in [0.3, 0.4) is 0 Å². The van der Waals surface area contributed by atoms with Gasteiger partial charge in [0.25, 0.3) is 0 Å². The SMILES string of the molecule is CC1C(C#N)C(=O)OC1c1ccccc1. The van der Waals surface area contributed by atoms with Gasteiger partial charge in [-0.25, -0.2) is 0 Å². The second-order valence-corrected chi connectivity index (χ2v) is 3.73. The lowest BCUT2D eigenvalue weighted by Crippen LogP contribution is -2.11. The topological polar surface area (TPSA) is 50.1 Å². The number of carbonyl (C=O) groups is 1. The second-order valence-electron chi connectivity index (χ2n) is 3.73. The molecular weight excluding hydrogens is 190 g/mol. The van der Waals surface area contributed by atoms with E-state index in [1.54, 1.807) is 0 Å². The molecule has 1 fully saturated rings. The molecule has 0 aliphatic carbocycles. The molecule has 0 spiro atoms. The molecule has 0 N–H and O–H groups in total. The Morgan fingerprint density at radius 1 is 1.33 bits per heavy atom. The Morgan fingerprint density at radius 3 is 2.53 bits per heavy atom. The Labute approximate surface area is 88.3 Å². The van der Waals surface area contributed by atoms with Gasteiger partial charge in [0.15, 0.2) is 5.92 Å². The third kappa shape index (κ3) is 1.59. The van der Waals surface area contributed by atoms with Gasteiger partial charge in [0.05, 0.1) is 6.07 Å². The molecule has 0 bridgehead atoms. The minimum Gasteiger partial charge on any atom is -0.456 e. The van der Waals surface area contributed by atoms with Crippen LogP contribution in [0.4, 0.5) is 0 Å². The van der Waals surface area contributed by atoms with Gasteiger partial charge in [-0.15, -0.1) is 0 Å². The van der Waals surface area contributed by atoms with E-state index >= 15 is 0 Å². The molecular formula is C12H11NO2. The number of rotatable bonds is 1. The third-order valence-electron chi connectivity index (χ3n) is 2.77. The van der Waals surface area contributed by atoms with Crippen LogP contribution in [-0.2, 0) is 9.53 Å². The average Bonchev–Trinajstić information content (AvgIpc) is 2.55. The molecule has 76 valence electrons. The molecule has 1 saturated heterocycles. The normalized spacial score (nSPS) is 29.6. The maximum Gasteiger partial charge on any atom is 0.324 e. The van der Waals surface area contributed by atoms with Gasteiger partial charge < -0.3 is 4.74 Å². The quantitative estimate of drug-likeness (QED) is 0.653. The first-order valence-corrected chi connectivity index (χ1v) is 4.89. The molecule has 1 aromatic carbocycles. The molecule has 0 radical (unpaired) electrons. The molecule has 1 aliphatic rings. The summed E-state index contributed by atoms with van der Waals surface area (Å²) >= 11 is 0. The minimum atomic E-state index is -0.629. The number of carbonyl (C=O) groups excluding carboxylic acids is 1. The van der Waals surface area contributed by atoms with E-state index in [2.05, 4.69) is 0 Å². The maximum absolute atomic E-state index is 11.4. The van der Waals surface area contributed by atoms with Crippen molar-refractivity contribution in [2.45, 2.75) is 13.0 Å². The average molecular weight is 201 g/mol. The van der Waals surface area contributed by atoms with Crippen molar-refractivity contribution in [3.8, 4) is 6.07 Å². The zero-order chi connectivity index (χ0) is 10.8. The van der Waals surface area contributed by atoms with E-state index in [9.17, 15) is 4.79 Å². The number of benzene rings is 1. The first-order valence-electron chi connectivity index (χ1n) is 4.89. The van der Waals surface area contributed by atoms with Crippen LogP contribution in [-0.4, -0.2) is 5.97 Å². The first-order chi connectivity index (χ1) is 7.24. The molecule has 3 atom stereocenters. The summed E-state index contributed by atoms with van der Waals surface area (Å²) in [6.45, 7) is 1.87. The Hall–Kier alpha value is -1.82. The highest BCUT2D eigenvalue weighted by Crippen LogP contribution is 2.38. The van der Waals surface area contributed by atoms with E-state index in [-0.39, 0.29) is 12.0 Å². The van der Waals surface area contributed by atoms with Crippen molar-refractivity contribution in [1.29, 1.82) is 5.26 Å². The molecule has 3 heteroatoms. The molecule has 2 rings (SSSR count). The van der Waals surface area contributed by atoms with Crippen molar-refractivity contribution in [3.05, 3.63) is 35.9 Å². The Balaban J connectivity index is 2.28. The lowest BCUT2D eigenvalue weighted by Gasteiger charge is -2.13. The van der Waals surface area contributed by atoms with Crippen molar-refractivity contribution in [1.82, 2.24) is 0 Å². The fourth-order valence-electron chi connectivity index (χ4n) is 1.88. The van der Waals surface area contributed by atoms with E-state index in [0.717, 1.165) is 5.56 Å². The predicted molar refractivity (Wildman–Crippen MR) is 53.5 cm³/mol. The zero-order valence-electron chi connectivity index (χ0n) is 8.38. The highest BCUT2D eigenvalue weighted by atomic mass is 16.6. The van der Waals surface area contributed by atoms with Gasteiger partial charge in [-0.1, -0.05) is 37.3 Å². The van der Waals surface area contributed by atoms with Gasteiger partial charge in [-0.3, -0.25) is 4.79 Å². The fraction of sp³-hybridized carbons (Fsp3) is 0.333. The van der Waals surface area contributed by atoms with Gasteiger partial charge in [0.2, 0.25) is 0 Å². The first kappa shape index (κ1) is 9.72. The molecule has 1 heterocycles. The second kappa shape index (κ2) is 3.74. The summed E-state index contributed by atoms with van der Waals surface area (Å²) < 4.78 is 5.20. The zero-order valence-corrected chi connectivity index (χ0v) is 8.38. The standard InChI is InChI=1S/C12H11NO2/c1-8-10(7-13)12(14)15-11(8)9-5-3-2-4-6-9/h2-6,8,10-11H,1H3. The van der Waals surface area contributed by atoms with Crippen molar-refractivity contribution >= 4 is 5.97 Å². The van der Waals surface area contributed by atoms with Crippen molar-refractivity contribution < 1.29 is 9.53 Å². The summed E-state index contributed by atoms with van der Waals surface area (Å²) in [5, 5.41) is 8.82. The van der Waals surface area contributed by atoms with Gasteiger partial charge >= 0.3 is 5.97 Å². The number of nitriles is 1. The van der Waals surface area contributed by atoms with Gasteiger partial charge in [-0.2, -0.15) is 5.26 Å². The predicted octanol–water partition coefficient (Wildman–Crippen LogP) is 2.06. The molecule has 3 unspecified atom stereocenters. The molecule has 0 saturated carbocycles. The molecule has 0 amide bonds. The van der Waals surface area contributed by atoms with E-state index < -0.39 is 11.9 Å². The Morgan fingerprint density at radius 2 is 2.00 bits per heavy atom. The van der Waals surface area contributed by atoms with Crippen LogP contribution in [0.5, 0.6) is 0 Å². The number of esters is 1. The highest BCUT2D eigenvalue weighted by molar-refractivity contribution is 5.78. The van der Waals surface area contributed by atoms with E-state index in [0.29, 0.717) is 0 Å². The van der Waals surface area contributed by atoms with E-state index in [1.165, 1.54) is 0 Å². The summed E-state index contributed by atoms with van der Waals surface area (Å²) in [6, 6.07) is 11.5. The number of ether oxygens (including phenoxy) is 1. The van der Waals surface area contributed by atoms with Crippen LogP contribution < -0.4 is 0 Å². The van der Waals surface area contributed by atoms with Crippen molar-refractivity contribution in [2.24, 2.45) is 11.8 Å². The van der Waals surface area contributed by atoms with Crippen LogP contribution in [0.2, 0.25) is 0 Å². The Bertz CT molecular complexity index is 407. The van der Waals surface area contributed by atoms with Crippen molar-refractivity contribution in [2.75, 3.05) is 0 Å². The van der Waals surface area contributed by atoms with Crippen LogP contribution in [0.25, 0.3) is 0 Å². The molecule has 1 aliphatic heterocycles. The summed E-state index contributed by atoms with van der Waals surface area (Å²) in [6.07, 6.45) is -0.275. The maximum atomic E-state index is 11.4. The van der Waals surface area contributed by atoms with Crippen LogP contribution >= 0.6 is 0 Å². The van der Waals surface area contributed by atoms with E-state index in [4.69, 9.17) is 10.00 Å². The van der Waals surface area contributed by atoms with Crippen LogP contribution in [0, 0.1) is 23.2 Å². The van der Waals surface area contributed by atoms with Crippen LogP contribution in [0.15, 0.2) is 30.3 Å². The summed E-state index contributed by atoms with van der Waals surface area (Å²) in [4.78, 5) is 11.4. The summed E-state index contributed by atoms with van der Waals surface area (Å²) in [5.41, 5.74) is 0.955. The summed E-state index contributed by atoms with van der Waals surface area (Å²) in [5.74, 6) is -1.11. The van der Waals surface area contributed by atoms with Gasteiger partial charge in [0.1, 0.15) is 6.10 Å². The lowest BCUT2D eigenvalue weighted by atomic mass is 9.90. The van der Waals surface area contributed by atoms with Gasteiger partial charge in [0, 0.05) is 5.92 Å². The van der Waals surface area contributed by atoms with Crippen LogP contribution in [0.1, 0.15) is 18.6 Å². The molecule has 3 nitrogen and oxygen atoms in total. The van der Waals surface area contributed by atoms with Crippen molar-refractivity contribution in [3.63, 3.8) is 0 Å². The lowest BCUT2D eigenvalue weighted by molar-refractivity contribution is -0.143. The number of nitrogens with zero attached hydrogens (tertiary/aromatic N) is 1. The summed E-state index contributed by atoms with van der Waals surface area (Å²) in [7, 11) is 0. The Kier molecular flexibility index (Phi) is 2.42. The molecule has 1 aromatic rings. The fourth-order valence-corrected chi connectivity index (χ4v) is 1.88. The monoisotopic (exact) mass is 201 g/mol. The molecule has 0 aromatic heterocycles. The smallest absolute Gasteiger partial charge is 0.324 e. The number of cyclic esters (lactones) is 1. The molecule has 15 heavy (non-hydrogen) atoms. The largest absolute Gasteiger partial charge is 0.456 e. The number of hydrogen-bond donors (Lipinski definition) is 0. The third-order valence-corrected chi connectivity index (χ3v) is 2.77. The van der Waals surface area contributed by atoms with Gasteiger partial charge in [-0.05, 0) is 5.56 Å².